The van der Waals surface area contributed by atoms with Crippen molar-refractivity contribution < 1.29 is 8.42 Å². The smallest absolute Gasteiger partial charge is 0.240 e. The summed E-state index contributed by atoms with van der Waals surface area (Å²) in [6, 6.07) is 12.9. The molecule has 154 valence electrons. The van der Waals surface area contributed by atoms with Crippen molar-refractivity contribution >= 4 is 32.5 Å². The first-order chi connectivity index (χ1) is 13.9. The standard InChI is InChI=1S/C22H26ClN3O2S/c1-16-4-2-6-20(12-16)29(27,28)25-19-9-11-26(15-19)10-3-5-17-14-24-22-8-7-18(23)13-21(17)22/h2,4,6-8,12-14,19,24-25H,3,5,9-11,15H2,1H3. The zero-order chi connectivity index (χ0) is 20.4. The highest BCUT2D eigenvalue weighted by Crippen LogP contribution is 2.24. The molecule has 1 unspecified atom stereocenters. The number of fused-ring (bicyclic) bond motifs is 1. The second kappa shape index (κ2) is 8.48. The van der Waals surface area contributed by atoms with Gasteiger partial charge < -0.3 is 9.88 Å². The van der Waals surface area contributed by atoms with Crippen molar-refractivity contribution in [3.8, 4) is 0 Å². The SMILES string of the molecule is Cc1cccc(S(=O)(=O)NC2CCN(CCCc3c[nH]c4ccc(Cl)cc34)C2)c1. The Morgan fingerprint density at radius 2 is 2.10 bits per heavy atom. The third kappa shape index (κ3) is 4.83. The highest BCUT2D eigenvalue weighted by atomic mass is 35.5. The molecule has 1 aliphatic heterocycles. The van der Waals surface area contributed by atoms with Crippen molar-refractivity contribution in [2.45, 2.75) is 37.1 Å². The molecule has 0 saturated carbocycles. The van der Waals surface area contributed by atoms with Crippen LogP contribution in [0.25, 0.3) is 10.9 Å². The van der Waals surface area contributed by atoms with Crippen LogP contribution in [-0.2, 0) is 16.4 Å². The third-order valence-corrected chi connectivity index (χ3v) is 7.30. The molecule has 1 aromatic heterocycles. The molecule has 0 amide bonds. The Morgan fingerprint density at radius 1 is 1.24 bits per heavy atom. The molecule has 1 saturated heterocycles. The van der Waals surface area contributed by atoms with E-state index in [4.69, 9.17) is 11.6 Å². The predicted molar refractivity (Wildman–Crippen MR) is 118 cm³/mol. The summed E-state index contributed by atoms with van der Waals surface area (Å²) in [5, 5.41) is 1.93. The first kappa shape index (κ1) is 20.4. The minimum atomic E-state index is -3.47. The van der Waals surface area contributed by atoms with Crippen LogP contribution in [-0.4, -0.2) is 44.0 Å². The van der Waals surface area contributed by atoms with E-state index in [1.165, 1.54) is 10.9 Å². The van der Waals surface area contributed by atoms with Crippen LogP contribution in [0.1, 0.15) is 24.0 Å². The first-order valence-corrected chi connectivity index (χ1v) is 11.8. The number of aromatic amines is 1. The van der Waals surface area contributed by atoms with Crippen molar-refractivity contribution in [1.82, 2.24) is 14.6 Å². The number of aromatic nitrogens is 1. The second-order valence-electron chi connectivity index (χ2n) is 7.83. The molecule has 2 heterocycles. The predicted octanol–water partition coefficient (Wildman–Crippen LogP) is 4.12. The molecule has 1 aliphatic rings. The summed E-state index contributed by atoms with van der Waals surface area (Å²) < 4.78 is 28.1. The minimum absolute atomic E-state index is 0.0348. The number of sulfonamides is 1. The lowest BCUT2D eigenvalue weighted by Gasteiger charge is -2.17. The van der Waals surface area contributed by atoms with Gasteiger partial charge in [-0.1, -0.05) is 23.7 Å². The van der Waals surface area contributed by atoms with Crippen LogP contribution in [0.3, 0.4) is 0 Å². The van der Waals surface area contributed by atoms with Gasteiger partial charge in [0.05, 0.1) is 4.90 Å². The Kier molecular flexibility index (Phi) is 5.97. The van der Waals surface area contributed by atoms with Crippen molar-refractivity contribution in [3.63, 3.8) is 0 Å². The van der Waals surface area contributed by atoms with Gasteiger partial charge in [-0.25, -0.2) is 13.1 Å². The number of rotatable bonds is 7. The van der Waals surface area contributed by atoms with Crippen LogP contribution in [0.2, 0.25) is 5.02 Å². The van der Waals surface area contributed by atoms with E-state index in [1.807, 2.05) is 31.2 Å². The van der Waals surface area contributed by atoms with Crippen molar-refractivity contribution in [2.75, 3.05) is 19.6 Å². The molecule has 1 fully saturated rings. The van der Waals surface area contributed by atoms with Crippen LogP contribution in [0, 0.1) is 6.92 Å². The summed E-state index contributed by atoms with van der Waals surface area (Å²) in [6.07, 6.45) is 4.89. The average molecular weight is 432 g/mol. The number of nitrogens with zero attached hydrogens (tertiary/aromatic N) is 1. The third-order valence-electron chi connectivity index (χ3n) is 5.54. The molecule has 0 bridgehead atoms. The summed E-state index contributed by atoms with van der Waals surface area (Å²) in [6.45, 7) is 4.53. The Balaban J connectivity index is 1.29. The molecule has 1 atom stereocenters. The highest BCUT2D eigenvalue weighted by molar-refractivity contribution is 7.89. The Labute approximate surface area is 177 Å². The zero-order valence-corrected chi connectivity index (χ0v) is 18.1. The number of nitrogens with one attached hydrogen (secondary N) is 2. The fourth-order valence-electron chi connectivity index (χ4n) is 4.05. The minimum Gasteiger partial charge on any atom is -0.361 e. The van der Waals surface area contributed by atoms with E-state index in [0.29, 0.717) is 4.90 Å². The maximum atomic E-state index is 12.6. The molecule has 3 aromatic rings. The molecule has 0 spiro atoms. The van der Waals surface area contributed by atoms with Gasteiger partial charge >= 0.3 is 0 Å². The summed E-state index contributed by atoms with van der Waals surface area (Å²) in [7, 11) is -3.47. The Bertz CT molecular complexity index is 1110. The molecule has 5 nitrogen and oxygen atoms in total. The highest BCUT2D eigenvalue weighted by Gasteiger charge is 2.27. The van der Waals surface area contributed by atoms with Gasteiger partial charge in [-0.05, 0) is 80.7 Å². The van der Waals surface area contributed by atoms with E-state index in [9.17, 15) is 8.42 Å². The average Bonchev–Trinajstić information content (AvgIpc) is 3.28. The topological polar surface area (TPSA) is 65.2 Å². The van der Waals surface area contributed by atoms with Crippen LogP contribution >= 0.6 is 11.6 Å². The summed E-state index contributed by atoms with van der Waals surface area (Å²) in [5.74, 6) is 0. The number of halogens is 1. The van der Waals surface area contributed by atoms with Crippen LogP contribution in [0.15, 0.2) is 53.6 Å². The fraction of sp³-hybridized carbons (Fsp3) is 0.364. The van der Waals surface area contributed by atoms with Crippen molar-refractivity contribution in [2.24, 2.45) is 0 Å². The summed E-state index contributed by atoms with van der Waals surface area (Å²) in [4.78, 5) is 5.98. The molecular weight excluding hydrogens is 406 g/mol. The van der Waals surface area contributed by atoms with Crippen LogP contribution in [0.5, 0.6) is 0 Å². The van der Waals surface area contributed by atoms with Gasteiger partial charge in [-0.2, -0.15) is 0 Å². The van der Waals surface area contributed by atoms with Gasteiger partial charge in [-0.3, -0.25) is 0 Å². The summed E-state index contributed by atoms with van der Waals surface area (Å²) >= 11 is 6.13. The van der Waals surface area contributed by atoms with Gasteiger partial charge in [0.25, 0.3) is 0 Å². The quantitative estimate of drug-likeness (QED) is 0.591. The van der Waals surface area contributed by atoms with E-state index in [-0.39, 0.29) is 6.04 Å². The zero-order valence-electron chi connectivity index (χ0n) is 16.5. The number of H-pyrrole nitrogens is 1. The molecule has 0 radical (unpaired) electrons. The molecule has 4 rings (SSSR count). The maximum Gasteiger partial charge on any atom is 0.240 e. The Morgan fingerprint density at radius 3 is 2.93 bits per heavy atom. The van der Waals surface area contributed by atoms with E-state index in [1.54, 1.807) is 18.2 Å². The molecule has 29 heavy (non-hydrogen) atoms. The van der Waals surface area contributed by atoms with E-state index >= 15 is 0 Å². The van der Waals surface area contributed by atoms with Crippen molar-refractivity contribution in [1.29, 1.82) is 0 Å². The van der Waals surface area contributed by atoms with Crippen molar-refractivity contribution in [3.05, 3.63) is 64.8 Å². The molecule has 2 N–H and O–H groups in total. The first-order valence-electron chi connectivity index (χ1n) is 9.97. The molecular formula is C22H26ClN3O2S. The molecule has 7 heteroatoms. The lowest BCUT2D eigenvalue weighted by molar-refractivity contribution is 0.327. The molecule has 0 aliphatic carbocycles. The van der Waals surface area contributed by atoms with Gasteiger partial charge in [0.15, 0.2) is 0 Å². The van der Waals surface area contributed by atoms with Gasteiger partial charge in [-0.15, -0.1) is 0 Å². The normalized spacial score (nSPS) is 17.9. The van der Waals surface area contributed by atoms with Gasteiger partial charge in [0.1, 0.15) is 0 Å². The van der Waals surface area contributed by atoms with E-state index in [2.05, 4.69) is 20.8 Å². The molecule has 2 aromatic carbocycles. The lowest BCUT2D eigenvalue weighted by atomic mass is 10.1. The number of hydrogen-bond donors (Lipinski definition) is 2. The van der Waals surface area contributed by atoms with Gasteiger partial charge in [0, 0.05) is 34.7 Å². The fourth-order valence-corrected chi connectivity index (χ4v) is 5.59. The maximum absolute atomic E-state index is 12.6. The number of aryl methyl sites for hydroxylation is 2. The van der Waals surface area contributed by atoms with Crippen LogP contribution < -0.4 is 4.72 Å². The second-order valence-corrected chi connectivity index (χ2v) is 9.98. The summed E-state index contributed by atoms with van der Waals surface area (Å²) in [5.41, 5.74) is 3.33. The lowest BCUT2D eigenvalue weighted by Crippen LogP contribution is -2.37. The number of benzene rings is 2. The number of hydrogen-bond acceptors (Lipinski definition) is 3. The van der Waals surface area contributed by atoms with Gasteiger partial charge in [0.2, 0.25) is 10.0 Å². The van der Waals surface area contributed by atoms with E-state index in [0.717, 1.165) is 55.0 Å². The Hall–Kier alpha value is -1.86. The van der Waals surface area contributed by atoms with E-state index < -0.39 is 10.0 Å². The monoisotopic (exact) mass is 431 g/mol. The number of likely N-dealkylation sites (tertiary alicyclic amines) is 1. The largest absolute Gasteiger partial charge is 0.361 e. The van der Waals surface area contributed by atoms with Crippen LogP contribution in [0.4, 0.5) is 0 Å².